The van der Waals surface area contributed by atoms with Gasteiger partial charge < -0.3 is 10.1 Å². The fraction of sp³-hybridized carbons (Fsp3) is 0.538. The number of carbonyl (C=O) groups is 1. The van der Waals surface area contributed by atoms with Crippen molar-refractivity contribution >= 4 is 11.7 Å². The Bertz CT molecular complexity index is 387. The van der Waals surface area contributed by atoms with Gasteiger partial charge in [0.2, 0.25) is 0 Å². The first-order valence-electron chi connectivity index (χ1n) is 5.93. The molecule has 0 spiro atoms. The third kappa shape index (κ3) is 3.44. The number of esters is 1. The number of aromatic nitrogens is 1. The van der Waals surface area contributed by atoms with Crippen molar-refractivity contribution in [2.24, 2.45) is 0 Å². The van der Waals surface area contributed by atoms with E-state index in [9.17, 15) is 4.79 Å². The summed E-state index contributed by atoms with van der Waals surface area (Å²) < 4.78 is 4.75. The summed E-state index contributed by atoms with van der Waals surface area (Å²) in [6.45, 7) is 6.14. The predicted molar refractivity (Wildman–Crippen MR) is 68.3 cm³/mol. The Morgan fingerprint density at radius 3 is 2.65 bits per heavy atom. The van der Waals surface area contributed by atoms with Crippen LogP contribution < -0.4 is 5.32 Å². The zero-order valence-corrected chi connectivity index (χ0v) is 10.9. The number of pyridine rings is 1. The molecule has 4 nitrogen and oxygen atoms in total. The van der Waals surface area contributed by atoms with Crippen molar-refractivity contribution in [2.75, 3.05) is 12.4 Å². The van der Waals surface area contributed by atoms with Gasteiger partial charge >= 0.3 is 5.97 Å². The number of ether oxygens (including phenoxy) is 1. The molecule has 4 heteroatoms. The van der Waals surface area contributed by atoms with Gasteiger partial charge in [-0.3, -0.25) is 4.98 Å². The molecule has 94 valence electrons. The van der Waals surface area contributed by atoms with Gasteiger partial charge in [0.15, 0.2) is 0 Å². The van der Waals surface area contributed by atoms with E-state index < -0.39 is 0 Å². The lowest BCUT2D eigenvalue weighted by atomic mass is 10.1. The molecule has 1 N–H and O–H groups in total. The maximum atomic E-state index is 11.6. The molecule has 0 atom stereocenters. The Hall–Kier alpha value is -1.58. The number of hydrogen-bond acceptors (Lipinski definition) is 4. The fourth-order valence-electron chi connectivity index (χ4n) is 1.66. The fourth-order valence-corrected chi connectivity index (χ4v) is 1.66. The van der Waals surface area contributed by atoms with Crippen molar-refractivity contribution in [3.05, 3.63) is 23.5 Å². The van der Waals surface area contributed by atoms with Crippen molar-refractivity contribution < 1.29 is 9.53 Å². The highest BCUT2D eigenvalue weighted by Gasteiger charge is 2.14. The smallest absolute Gasteiger partial charge is 0.341 e. The highest BCUT2D eigenvalue weighted by molar-refractivity contribution is 5.95. The molecule has 0 bridgehead atoms. The first-order chi connectivity index (χ1) is 8.12. The number of methoxy groups -OCH3 is 1. The van der Waals surface area contributed by atoms with Gasteiger partial charge in [0.05, 0.1) is 12.8 Å². The number of nitrogens with one attached hydrogen (secondary N) is 1. The van der Waals surface area contributed by atoms with E-state index in [2.05, 4.69) is 24.1 Å². The quantitative estimate of drug-likeness (QED) is 0.799. The van der Waals surface area contributed by atoms with Crippen LogP contribution in [0.3, 0.4) is 0 Å². The monoisotopic (exact) mass is 236 g/mol. The van der Waals surface area contributed by atoms with Gasteiger partial charge in [0.25, 0.3) is 0 Å². The summed E-state index contributed by atoms with van der Waals surface area (Å²) in [6, 6.07) is 2.24. The standard InChI is InChI=1S/C13H20N2O2/c1-5-10(6-2)15-12-7-9(3)14-8-11(12)13(16)17-4/h7-8,10H,5-6H2,1-4H3,(H,14,15). The Balaban J connectivity index is 3.02. The van der Waals surface area contributed by atoms with Crippen LogP contribution in [0.15, 0.2) is 12.3 Å². The van der Waals surface area contributed by atoms with Crippen molar-refractivity contribution in [3.8, 4) is 0 Å². The third-order valence-electron chi connectivity index (χ3n) is 2.79. The molecule has 0 aliphatic carbocycles. The topological polar surface area (TPSA) is 51.2 Å². The molecular weight excluding hydrogens is 216 g/mol. The van der Waals surface area contributed by atoms with Crippen LogP contribution in [0.5, 0.6) is 0 Å². The summed E-state index contributed by atoms with van der Waals surface area (Å²) in [4.78, 5) is 15.7. The first-order valence-corrected chi connectivity index (χ1v) is 5.93. The van der Waals surface area contributed by atoms with E-state index >= 15 is 0 Å². The van der Waals surface area contributed by atoms with Crippen LogP contribution in [0.25, 0.3) is 0 Å². The van der Waals surface area contributed by atoms with E-state index in [4.69, 9.17) is 4.74 Å². The molecular formula is C13H20N2O2. The zero-order valence-electron chi connectivity index (χ0n) is 10.9. The van der Waals surface area contributed by atoms with Gasteiger partial charge in [-0.15, -0.1) is 0 Å². The summed E-state index contributed by atoms with van der Waals surface area (Å²) in [5.74, 6) is -0.356. The molecule has 1 aromatic heterocycles. The van der Waals surface area contributed by atoms with Gasteiger partial charge in [0, 0.05) is 17.9 Å². The molecule has 0 aromatic carbocycles. The normalized spacial score (nSPS) is 10.4. The van der Waals surface area contributed by atoms with Gasteiger partial charge in [-0.1, -0.05) is 13.8 Å². The van der Waals surface area contributed by atoms with Crippen LogP contribution in [-0.4, -0.2) is 24.1 Å². The minimum Gasteiger partial charge on any atom is -0.465 e. The van der Waals surface area contributed by atoms with Gasteiger partial charge in [0.1, 0.15) is 5.56 Å². The first kappa shape index (κ1) is 13.5. The summed E-state index contributed by atoms with van der Waals surface area (Å²) in [6.07, 6.45) is 3.59. The Labute approximate surface area is 102 Å². The van der Waals surface area contributed by atoms with Crippen molar-refractivity contribution in [2.45, 2.75) is 39.7 Å². The molecule has 0 saturated heterocycles. The molecule has 1 heterocycles. The van der Waals surface area contributed by atoms with Crippen molar-refractivity contribution in [1.29, 1.82) is 0 Å². The van der Waals surface area contributed by atoms with Gasteiger partial charge in [-0.05, 0) is 25.8 Å². The van der Waals surface area contributed by atoms with Crippen LogP contribution in [0.2, 0.25) is 0 Å². The lowest BCUT2D eigenvalue weighted by molar-refractivity contribution is 0.0601. The van der Waals surface area contributed by atoms with Crippen LogP contribution in [0, 0.1) is 6.92 Å². The second kappa shape index (κ2) is 6.23. The number of aryl methyl sites for hydroxylation is 1. The minimum atomic E-state index is -0.356. The molecule has 1 aromatic rings. The second-order valence-electron chi connectivity index (χ2n) is 4.02. The molecule has 0 radical (unpaired) electrons. The highest BCUT2D eigenvalue weighted by atomic mass is 16.5. The van der Waals surface area contributed by atoms with Crippen molar-refractivity contribution in [3.63, 3.8) is 0 Å². The second-order valence-corrected chi connectivity index (χ2v) is 4.02. The summed E-state index contributed by atoms with van der Waals surface area (Å²) in [5.41, 5.74) is 2.18. The Morgan fingerprint density at radius 2 is 2.12 bits per heavy atom. The van der Waals surface area contributed by atoms with E-state index in [0.717, 1.165) is 24.2 Å². The van der Waals surface area contributed by atoms with E-state index in [1.807, 2.05) is 13.0 Å². The lowest BCUT2D eigenvalue weighted by Gasteiger charge is -2.18. The van der Waals surface area contributed by atoms with E-state index in [1.165, 1.54) is 7.11 Å². The number of nitrogens with zero attached hydrogens (tertiary/aromatic N) is 1. The number of hydrogen-bond donors (Lipinski definition) is 1. The number of anilines is 1. The number of carbonyl (C=O) groups excluding carboxylic acids is 1. The molecule has 0 fully saturated rings. The van der Waals surface area contributed by atoms with Crippen LogP contribution >= 0.6 is 0 Å². The zero-order chi connectivity index (χ0) is 12.8. The molecule has 0 amide bonds. The Kier molecular flexibility index (Phi) is 4.94. The molecule has 0 aliphatic rings. The van der Waals surface area contributed by atoms with E-state index in [-0.39, 0.29) is 5.97 Å². The van der Waals surface area contributed by atoms with E-state index in [0.29, 0.717) is 11.6 Å². The molecule has 0 aliphatic heterocycles. The average molecular weight is 236 g/mol. The van der Waals surface area contributed by atoms with Gasteiger partial charge in [-0.25, -0.2) is 4.79 Å². The summed E-state index contributed by atoms with van der Waals surface area (Å²) in [5, 5.41) is 3.36. The third-order valence-corrected chi connectivity index (χ3v) is 2.79. The molecule has 0 unspecified atom stereocenters. The molecule has 0 saturated carbocycles. The summed E-state index contributed by atoms with van der Waals surface area (Å²) >= 11 is 0. The van der Waals surface area contributed by atoms with E-state index in [1.54, 1.807) is 6.20 Å². The highest BCUT2D eigenvalue weighted by Crippen LogP contribution is 2.19. The molecule has 17 heavy (non-hydrogen) atoms. The molecule has 1 rings (SSSR count). The number of rotatable bonds is 5. The lowest BCUT2D eigenvalue weighted by Crippen LogP contribution is -2.19. The minimum absolute atomic E-state index is 0.356. The van der Waals surface area contributed by atoms with Crippen LogP contribution in [0.1, 0.15) is 42.7 Å². The van der Waals surface area contributed by atoms with Crippen LogP contribution in [-0.2, 0) is 4.74 Å². The maximum Gasteiger partial charge on any atom is 0.341 e. The SMILES string of the molecule is CCC(CC)Nc1cc(C)ncc1C(=O)OC. The maximum absolute atomic E-state index is 11.6. The van der Waals surface area contributed by atoms with Crippen LogP contribution in [0.4, 0.5) is 5.69 Å². The Morgan fingerprint density at radius 1 is 1.47 bits per heavy atom. The summed E-state index contributed by atoms with van der Waals surface area (Å²) in [7, 11) is 1.38. The average Bonchev–Trinajstić information content (AvgIpc) is 2.35. The largest absolute Gasteiger partial charge is 0.465 e. The predicted octanol–water partition coefficient (Wildman–Crippen LogP) is 2.78. The van der Waals surface area contributed by atoms with Gasteiger partial charge in [-0.2, -0.15) is 0 Å². The van der Waals surface area contributed by atoms with Crippen molar-refractivity contribution in [1.82, 2.24) is 4.98 Å².